The fraction of sp³-hybridized carbons (Fsp3) is 0.400. The number of rotatable bonds is 2. The van der Waals surface area contributed by atoms with E-state index in [0.29, 0.717) is 6.42 Å². The van der Waals surface area contributed by atoms with Crippen molar-refractivity contribution in [3.63, 3.8) is 0 Å². The number of aromatic nitrogens is 2. The van der Waals surface area contributed by atoms with Crippen LogP contribution in [0.3, 0.4) is 0 Å². The Hall–Kier alpha value is -0.860. The van der Waals surface area contributed by atoms with Gasteiger partial charge in [0.25, 0.3) is 0 Å². The number of nitrogens with one attached hydrogen (secondary N) is 1. The molecule has 0 aliphatic carbocycles. The summed E-state index contributed by atoms with van der Waals surface area (Å²) in [6, 6.07) is 1.76. The maximum atomic E-state index is 11.5. The zero-order valence-corrected chi connectivity index (χ0v) is 4.39. The molecule has 1 aromatic heterocycles. The van der Waals surface area contributed by atoms with Gasteiger partial charge in [-0.15, -0.1) is 0 Å². The molecule has 0 fully saturated rings. The van der Waals surface area contributed by atoms with Crippen LogP contribution >= 0.6 is 0 Å². The van der Waals surface area contributed by atoms with Crippen LogP contribution in [0, 0.1) is 0 Å². The highest BCUT2D eigenvalue weighted by Gasteiger charge is 1.88. The van der Waals surface area contributed by atoms with Gasteiger partial charge in [0.1, 0.15) is 0 Å². The molecule has 1 heterocycles. The lowest BCUT2D eigenvalue weighted by molar-refractivity contribution is 0.491. The van der Waals surface area contributed by atoms with Gasteiger partial charge in [-0.05, 0) is 6.07 Å². The van der Waals surface area contributed by atoms with Crippen LogP contribution < -0.4 is 0 Å². The summed E-state index contributed by atoms with van der Waals surface area (Å²) in [5, 5.41) is 6.30. The van der Waals surface area contributed by atoms with Crippen molar-refractivity contribution in [2.24, 2.45) is 0 Å². The summed E-state index contributed by atoms with van der Waals surface area (Å²) < 4.78 is 11.5. The molecule has 0 aromatic carbocycles. The van der Waals surface area contributed by atoms with Crippen molar-refractivity contribution in [1.82, 2.24) is 10.2 Å². The highest BCUT2D eigenvalue weighted by atomic mass is 19.1. The fourth-order valence-electron chi connectivity index (χ4n) is 0.526. The molecule has 1 rings (SSSR count). The molecule has 1 N–H and O–H groups in total. The van der Waals surface area contributed by atoms with Crippen LogP contribution in [0.5, 0.6) is 0 Å². The lowest BCUT2D eigenvalue weighted by Gasteiger charge is -1.84. The standard InChI is InChI=1S/C5H7FN2/c6-3-1-5-2-4-7-8-5/h2,4H,1,3H2,(H,7,8). The Morgan fingerprint density at radius 2 is 2.62 bits per heavy atom. The molecule has 0 aliphatic rings. The van der Waals surface area contributed by atoms with Crippen LogP contribution in [0.4, 0.5) is 4.39 Å². The highest BCUT2D eigenvalue weighted by molar-refractivity contribution is 4.96. The van der Waals surface area contributed by atoms with Gasteiger partial charge in [-0.3, -0.25) is 9.49 Å². The smallest absolute Gasteiger partial charge is 0.0949 e. The van der Waals surface area contributed by atoms with E-state index in [1.54, 1.807) is 12.3 Å². The summed E-state index contributed by atoms with van der Waals surface area (Å²) in [4.78, 5) is 0. The number of H-pyrrole nitrogens is 1. The molecule has 0 bridgehead atoms. The Balaban J connectivity index is 2.50. The first-order chi connectivity index (χ1) is 3.93. The van der Waals surface area contributed by atoms with Crippen molar-refractivity contribution in [1.29, 1.82) is 0 Å². The summed E-state index contributed by atoms with van der Waals surface area (Å²) in [5.74, 6) is 0. The molecule has 0 saturated heterocycles. The minimum Gasteiger partial charge on any atom is -0.282 e. The van der Waals surface area contributed by atoms with Crippen molar-refractivity contribution in [2.75, 3.05) is 6.67 Å². The van der Waals surface area contributed by atoms with Crippen LogP contribution in [0.1, 0.15) is 5.69 Å². The van der Waals surface area contributed by atoms with E-state index in [4.69, 9.17) is 0 Å². The molecule has 3 heteroatoms. The van der Waals surface area contributed by atoms with Gasteiger partial charge in [0.2, 0.25) is 0 Å². The first-order valence-corrected chi connectivity index (χ1v) is 2.47. The number of aryl methyl sites for hydroxylation is 1. The Morgan fingerprint density at radius 3 is 3.12 bits per heavy atom. The fourth-order valence-corrected chi connectivity index (χ4v) is 0.526. The number of hydrogen-bond acceptors (Lipinski definition) is 1. The topological polar surface area (TPSA) is 28.7 Å². The average molecular weight is 114 g/mol. The van der Waals surface area contributed by atoms with Crippen molar-refractivity contribution in [3.8, 4) is 0 Å². The summed E-state index contributed by atoms with van der Waals surface area (Å²) in [5.41, 5.74) is 0.854. The third kappa shape index (κ3) is 1.05. The van der Waals surface area contributed by atoms with Crippen LogP contribution in [-0.2, 0) is 6.42 Å². The third-order valence-corrected chi connectivity index (χ3v) is 0.922. The third-order valence-electron chi connectivity index (χ3n) is 0.922. The van der Waals surface area contributed by atoms with Gasteiger partial charge in [-0.2, -0.15) is 5.10 Å². The van der Waals surface area contributed by atoms with E-state index in [-0.39, 0.29) is 6.67 Å². The molecule has 0 aliphatic heterocycles. The maximum absolute atomic E-state index is 11.5. The van der Waals surface area contributed by atoms with Gasteiger partial charge in [-0.1, -0.05) is 0 Å². The van der Waals surface area contributed by atoms with E-state index in [1.165, 1.54) is 0 Å². The molecular weight excluding hydrogens is 107 g/mol. The van der Waals surface area contributed by atoms with Crippen molar-refractivity contribution in [3.05, 3.63) is 18.0 Å². The van der Waals surface area contributed by atoms with E-state index in [9.17, 15) is 4.39 Å². The molecule has 0 spiro atoms. The van der Waals surface area contributed by atoms with Crippen LogP contribution in [0.15, 0.2) is 12.3 Å². The molecule has 44 valence electrons. The molecular formula is C5H7FN2. The first-order valence-electron chi connectivity index (χ1n) is 2.47. The SMILES string of the molecule is FCCc1ccn[nH]1. The van der Waals surface area contributed by atoms with Gasteiger partial charge < -0.3 is 0 Å². The monoisotopic (exact) mass is 114 g/mol. The van der Waals surface area contributed by atoms with Crippen molar-refractivity contribution in [2.45, 2.75) is 6.42 Å². The summed E-state index contributed by atoms with van der Waals surface area (Å²) in [6.45, 7) is -0.317. The molecule has 0 unspecified atom stereocenters. The summed E-state index contributed by atoms with van der Waals surface area (Å²) in [7, 11) is 0. The molecule has 0 saturated carbocycles. The van der Waals surface area contributed by atoms with E-state index < -0.39 is 0 Å². The maximum Gasteiger partial charge on any atom is 0.0949 e. The highest BCUT2D eigenvalue weighted by Crippen LogP contribution is 1.91. The number of nitrogens with zero attached hydrogens (tertiary/aromatic N) is 1. The van der Waals surface area contributed by atoms with Gasteiger partial charge in [0.05, 0.1) is 6.67 Å². The second kappa shape index (κ2) is 2.45. The molecule has 1 aromatic rings. The Morgan fingerprint density at radius 1 is 1.75 bits per heavy atom. The lowest BCUT2D eigenvalue weighted by atomic mass is 10.3. The van der Waals surface area contributed by atoms with E-state index in [1.807, 2.05) is 0 Å². The normalized spacial score (nSPS) is 9.62. The summed E-state index contributed by atoms with van der Waals surface area (Å²) >= 11 is 0. The molecule has 8 heavy (non-hydrogen) atoms. The number of alkyl halides is 1. The van der Waals surface area contributed by atoms with E-state index in [0.717, 1.165) is 5.69 Å². The van der Waals surface area contributed by atoms with Gasteiger partial charge in [0, 0.05) is 18.3 Å². The minimum atomic E-state index is -0.317. The Bertz CT molecular complexity index is 136. The summed E-state index contributed by atoms with van der Waals surface area (Å²) in [6.07, 6.45) is 2.06. The minimum absolute atomic E-state index is 0.317. The lowest BCUT2D eigenvalue weighted by Crippen LogP contribution is -1.85. The quantitative estimate of drug-likeness (QED) is 0.608. The first kappa shape index (κ1) is 5.28. The average Bonchev–Trinajstić information content (AvgIpc) is 2.19. The van der Waals surface area contributed by atoms with Crippen LogP contribution in [0.25, 0.3) is 0 Å². The molecule has 0 atom stereocenters. The van der Waals surface area contributed by atoms with E-state index >= 15 is 0 Å². The number of aromatic amines is 1. The van der Waals surface area contributed by atoms with Gasteiger partial charge in [-0.25, -0.2) is 0 Å². The van der Waals surface area contributed by atoms with Crippen LogP contribution in [-0.4, -0.2) is 16.9 Å². The second-order valence-electron chi connectivity index (χ2n) is 1.52. The Kier molecular flexibility index (Phi) is 1.62. The van der Waals surface area contributed by atoms with E-state index in [2.05, 4.69) is 10.2 Å². The van der Waals surface area contributed by atoms with Gasteiger partial charge in [0.15, 0.2) is 0 Å². The number of halogens is 1. The number of hydrogen-bond donors (Lipinski definition) is 1. The van der Waals surface area contributed by atoms with Crippen molar-refractivity contribution >= 4 is 0 Å². The zero-order chi connectivity index (χ0) is 5.82. The van der Waals surface area contributed by atoms with Crippen molar-refractivity contribution < 1.29 is 4.39 Å². The predicted molar refractivity (Wildman–Crippen MR) is 28.3 cm³/mol. The molecule has 0 amide bonds. The molecule has 0 radical (unpaired) electrons. The Labute approximate surface area is 46.7 Å². The molecule has 2 nitrogen and oxygen atoms in total. The second-order valence-corrected chi connectivity index (χ2v) is 1.52. The zero-order valence-electron chi connectivity index (χ0n) is 4.39. The van der Waals surface area contributed by atoms with Gasteiger partial charge >= 0.3 is 0 Å². The predicted octanol–water partition coefficient (Wildman–Crippen LogP) is 0.922. The largest absolute Gasteiger partial charge is 0.282 e. The van der Waals surface area contributed by atoms with Crippen LogP contribution in [0.2, 0.25) is 0 Å².